The van der Waals surface area contributed by atoms with Crippen LogP contribution in [-0.2, 0) is 23.9 Å². The molecule has 3 rings (SSSR count). The first kappa shape index (κ1) is 20.1. The maximum Gasteiger partial charge on any atom is 0.405 e. The van der Waals surface area contributed by atoms with Crippen molar-refractivity contribution >= 4 is 23.9 Å². The number of hydrogen-bond acceptors (Lipinski definition) is 6. The van der Waals surface area contributed by atoms with Crippen molar-refractivity contribution in [3.63, 3.8) is 0 Å². The summed E-state index contributed by atoms with van der Waals surface area (Å²) in [7, 11) is 0. The molecule has 28 heavy (non-hydrogen) atoms. The van der Waals surface area contributed by atoms with Crippen molar-refractivity contribution in [3.8, 4) is 0 Å². The fourth-order valence-corrected chi connectivity index (χ4v) is 3.99. The number of hydrogen-bond donors (Lipinski definition) is 3. The molecular weight excluding hydrogens is 370 g/mol. The van der Waals surface area contributed by atoms with Gasteiger partial charge in [-0.2, -0.15) is 0 Å². The van der Waals surface area contributed by atoms with Crippen LogP contribution in [0.1, 0.15) is 39.0 Å². The van der Waals surface area contributed by atoms with Crippen molar-refractivity contribution in [1.82, 2.24) is 15.5 Å². The summed E-state index contributed by atoms with van der Waals surface area (Å²) in [5, 5.41) is 14.0. The monoisotopic (exact) mass is 395 g/mol. The van der Waals surface area contributed by atoms with Gasteiger partial charge in [0, 0.05) is 12.6 Å². The summed E-state index contributed by atoms with van der Waals surface area (Å²) in [6.45, 7) is 2.09. The number of carboxylic acid groups (broad SMARTS) is 1. The standard InChI is InChI=1S/C18H25N3O7/c1-2-27-17-12(9-14(22)28-17)19-15(23)13-8-7-10-5-3-4-6-11(20-18(25)26)16(24)21(10)13/h3-4,10-13,17,20H,2,5-9H2,1H3,(H,19,23)(H,25,26)/b4-3-. The van der Waals surface area contributed by atoms with Gasteiger partial charge in [-0.15, -0.1) is 0 Å². The highest BCUT2D eigenvalue weighted by molar-refractivity contribution is 5.92. The molecule has 5 atom stereocenters. The number of nitrogens with zero attached hydrogens (tertiary/aromatic N) is 1. The Balaban J connectivity index is 1.73. The first-order valence-electron chi connectivity index (χ1n) is 9.48. The van der Waals surface area contributed by atoms with Crippen molar-refractivity contribution in [1.29, 1.82) is 0 Å². The number of carbonyl (C=O) groups is 4. The molecule has 3 amide bonds. The van der Waals surface area contributed by atoms with Gasteiger partial charge in [0.25, 0.3) is 0 Å². The molecule has 0 aromatic heterocycles. The lowest BCUT2D eigenvalue weighted by Crippen LogP contribution is -2.57. The average Bonchev–Trinajstić information content (AvgIpc) is 3.19. The summed E-state index contributed by atoms with van der Waals surface area (Å²) in [5.41, 5.74) is 0. The number of amides is 3. The predicted molar refractivity (Wildman–Crippen MR) is 95.0 cm³/mol. The Bertz CT molecular complexity index is 680. The fraction of sp³-hybridized carbons (Fsp3) is 0.667. The van der Waals surface area contributed by atoms with E-state index in [0.29, 0.717) is 25.9 Å². The first-order chi connectivity index (χ1) is 13.4. The Labute approximate surface area is 162 Å². The SMILES string of the molecule is CCOC1OC(=O)CC1NC(=O)C1CCC2C/C=C\CC(NC(=O)O)C(=O)N21. The molecule has 0 aliphatic carbocycles. The van der Waals surface area contributed by atoms with E-state index in [1.165, 1.54) is 4.90 Å². The van der Waals surface area contributed by atoms with Crippen molar-refractivity contribution in [2.75, 3.05) is 6.61 Å². The third kappa shape index (κ3) is 4.27. The van der Waals surface area contributed by atoms with Gasteiger partial charge in [0.05, 0.1) is 6.42 Å². The Morgan fingerprint density at radius 3 is 2.71 bits per heavy atom. The van der Waals surface area contributed by atoms with E-state index in [2.05, 4.69) is 10.6 Å². The van der Waals surface area contributed by atoms with Crippen LogP contribution >= 0.6 is 0 Å². The minimum atomic E-state index is -1.29. The Kier molecular flexibility index (Phi) is 6.18. The second-order valence-electron chi connectivity index (χ2n) is 7.07. The summed E-state index contributed by atoms with van der Waals surface area (Å²) in [6, 6.07) is -2.43. The summed E-state index contributed by atoms with van der Waals surface area (Å²) in [5.74, 6) is -1.25. The number of esters is 1. The number of nitrogens with one attached hydrogen (secondary N) is 2. The van der Waals surface area contributed by atoms with E-state index in [0.717, 1.165) is 0 Å². The van der Waals surface area contributed by atoms with Gasteiger partial charge in [-0.3, -0.25) is 14.4 Å². The van der Waals surface area contributed by atoms with Crippen molar-refractivity contribution in [3.05, 3.63) is 12.2 Å². The summed E-state index contributed by atoms with van der Waals surface area (Å²) < 4.78 is 10.4. The number of fused-ring (bicyclic) bond motifs is 1. The van der Waals surface area contributed by atoms with E-state index in [1.54, 1.807) is 13.0 Å². The highest BCUT2D eigenvalue weighted by atomic mass is 16.7. The molecule has 0 saturated carbocycles. The van der Waals surface area contributed by atoms with Crippen LogP contribution in [0.2, 0.25) is 0 Å². The molecule has 3 aliphatic heterocycles. The molecule has 0 bridgehead atoms. The van der Waals surface area contributed by atoms with Crippen LogP contribution in [0.5, 0.6) is 0 Å². The smallest absolute Gasteiger partial charge is 0.405 e. The second kappa shape index (κ2) is 8.59. The van der Waals surface area contributed by atoms with Crippen molar-refractivity contribution in [2.24, 2.45) is 0 Å². The van der Waals surface area contributed by atoms with Crippen molar-refractivity contribution in [2.45, 2.75) is 69.5 Å². The van der Waals surface area contributed by atoms with Crippen LogP contribution in [0.15, 0.2) is 12.2 Å². The Morgan fingerprint density at radius 1 is 1.25 bits per heavy atom. The Hall–Kier alpha value is -2.62. The third-order valence-electron chi connectivity index (χ3n) is 5.22. The zero-order valence-electron chi connectivity index (χ0n) is 15.6. The van der Waals surface area contributed by atoms with Crippen LogP contribution in [0.3, 0.4) is 0 Å². The van der Waals surface area contributed by atoms with E-state index in [-0.39, 0.29) is 24.8 Å². The average molecular weight is 395 g/mol. The molecule has 0 radical (unpaired) electrons. The van der Waals surface area contributed by atoms with Gasteiger partial charge in [0.2, 0.25) is 18.1 Å². The van der Waals surface area contributed by atoms with Gasteiger partial charge in [-0.05, 0) is 32.6 Å². The lowest BCUT2D eigenvalue weighted by molar-refractivity contribution is -0.164. The molecule has 0 aromatic rings. The molecule has 10 heteroatoms. The highest BCUT2D eigenvalue weighted by Crippen LogP contribution is 2.30. The van der Waals surface area contributed by atoms with Gasteiger partial charge < -0.3 is 30.1 Å². The zero-order valence-corrected chi connectivity index (χ0v) is 15.6. The maximum absolute atomic E-state index is 13.0. The van der Waals surface area contributed by atoms with Gasteiger partial charge >= 0.3 is 12.1 Å². The molecule has 10 nitrogen and oxygen atoms in total. The molecule has 5 unspecified atom stereocenters. The number of ether oxygens (including phenoxy) is 2. The van der Waals surface area contributed by atoms with E-state index in [4.69, 9.17) is 14.6 Å². The highest BCUT2D eigenvalue weighted by Gasteiger charge is 2.45. The van der Waals surface area contributed by atoms with Gasteiger partial charge in [0.1, 0.15) is 18.1 Å². The predicted octanol–water partition coefficient (Wildman–Crippen LogP) is 0.127. The lowest BCUT2D eigenvalue weighted by Gasteiger charge is -2.34. The number of cyclic esters (lactones) is 1. The summed E-state index contributed by atoms with van der Waals surface area (Å²) in [6.07, 6.45) is 3.54. The summed E-state index contributed by atoms with van der Waals surface area (Å²) >= 11 is 0. The van der Waals surface area contributed by atoms with Gasteiger partial charge in [0.15, 0.2) is 0 Å². The van der Waals surface area contributed by atoms with Gasteiger partial charge in [-0.1, -0.05) is 12.2 Å². The van der Waals surface area contributed by atoms with Gasteiger partial charge in [-0.25, -0.2) is 4.79 Å². The normalized spacial score (nSPS) is 33.5. The third-order valence-corrected chi connectivity index (χ3v) is 5.22. The quantitative estimate of drug-likeness (QED) is 0.445. The Morgan fingerprint density at radius 2 is 2.00 bits per heavy atom. The zero-order chi connectivity index (χ0) is 20.3. The van der Waals surface area contributed by atoms with Crippen LogP contribution in [-0.4, -0.2) is 70.9 Å². The molecule has 2 fully saturated rings. The molecule has 154 valence electrons. The largest absolute Gasteiger partial charge is 0.465 e. The van der Waals surface area contributed by atoms with E-state index < -0.39 is 42.4 Å². The first-order valence-corrected chi connectivity index (χ1v) is 9.48. The second-order valence-corrected chi connectivity index (χ2v) is 7.07. The molecule has 3 N–H and O–H groups in total. The molecule has 0 spiro atoms. The molecule has 3 aliphatic rings. The summed E-state index contributed by atoms with van der Waals surface area (Å²) in [4.78, 5) is 50.0. The fourth-order valence-electron chi connectivity index (χ4n) is 3.99. The van der Waals surface area contributed by atoms with Crippen LogP contribution < -0.4 is 10.6 Å². The van der Waals surface area contributed by atoms with Crippen LogP contribution in [0, 0.1) is 0 Å². The topological polar surface area (TPSA) is 134 Å². The van der Waals surface area contributed by atoms with E-state index in [9.17, 15) is 19.2 Å². The minimum absolute atomic E-state index is 0.00638. The van der Waals surface area contributed by atoms with Crippen LogP contribution in [0.4, 0.5) is 4.79 Å². The maximum atomic E-state index is 13.0. The molecule has 3 heterocycles. The van der Waals surface area contributed by atoms with Crippen molar-refractivity contribution < 1.29 is 33.8 Å². The molecule has 0 aromatic carbocycles. The van der Waals surface area contributed by atoms with Crippen LogP contribution in [0.25, 0.3) is 0 Å². The molecular formula is C18H25N3O7. The number of carbonyl (C=O) groups excluding carboxylic acids is 3. The van der Waals surface area contributed by atoms with E-state index >= 15 is 0 Å². The lowest BCUT2D eigenvalue weighted by atomic mass is 10.0. The van der Waals surface area contributed by atoms with E-state index in [1.807, 2.05) is 6.08 Å². The minimum Gasteiger partial charge on any atom is -0.465 e. The molecule has 2 saturated heterocycles. The number of rotatable bonds is 5.